The summed E-state index contributed by atoms with van der Waals surface area (Å²) in [5.41, 5.74) is 0.281. The molecule has 0 radical (unpaired) electrons. The van der Waals surface area contributed by atoms with Gasteiger partial charge in [-0.2, -0.15) is 0 Å². The quantitative estimate of drug-likeness (QED) is 0.659. The van der Waals surface area contributed by atoms with Gasteiger partial charge in [0.1, 0.15) is 6.10 Å². The van der Waals surface area contributed by atoms with Crippen molar-refractivity contribution in [1.82, 2.24) is 0 Å². The van der Waals surface area contributed by atoms with Crippen LogP contribution < -0.4 is 0 Å². The molecule has 0 aromatic rings. The van der Waals surface area contributed by atoms with Gasteiger partial charge < -0.3 is 9.84 Å². The lowest BCUT2D eigenvalue weighted by atomic mass is 9.70. The van der Waals surface area contributed by atoms with Gasteiger partial charge >= 0.3 is 6.16 Å². The van der Waals surface area contributed by atoms with Crippen LogP contribution in [0, 0.1) is 16.7 Å². The van der Waals surface area contributed by atoms with Gasteiger partial charge in [0.15, 0.2) is 0 Å². The van der Waals surface area contributed by atoms with Crippen LogP contribution in [0.3, 0.4) is 0 Å². The van der Waals surface area contributed by atoms with E-state index in [0.717, 1.165) is 12.8 Å². The summed E-state index contributed by atoms with van der Waals surface area (Å²) in [6, 6.07) is 0. The Kier molecular flexibility index (Phi) is 1.85. The van der Waals surface area contributed by atoms with Gasteiger partial charge in [0.2, 0.25) is 0 Å². The van der Waals surface area contributed by atoms with Crippen LogP contribution in [0.1, 0.15) is 40.0 Å². The molecule has 0 aromatic heterocycles. The summed E-state index contributed by atoms with van der Waals surface area (Å²) in [7, 11) is 0. The van der Waals surface area contributed by atoms with Gasteiger partial charge in [-0.1, -0.05) is 20.8 Å². The fraction of sp³-hybridized carbons (Fsp3) is 0.909. The lowest BCUT2D eigenvalue weighted by Crippen LogP contribution is -2.38. The number of fused-ring (bicyclic) bond motifs is 2. The van der Waals surface area contributed by atoms with Gasteiger partial charge in [-0.05, 0) is 30.6 Å². The molecule has 14 heavy (non-hydrogen) atoms. The number of carbonyl (C=O) groups is 1. The van der Waals surface area contributed by atoms with E-state index in [4.69, 9.17) is 9.84 Å². The van der Waals surface area contributed by atoms with Crippen LogP contribution in [0.4, 0.5) is 4.79 Å². The third kappa shape index (κ3) is 1.01. The highest BCUT2D eigenvalue weighted by molar-refractivity contribution is 5.57. The molecular weight excluding hydrogens is 180 g/mol. The van der Waals surface area contributed by atoms with Crippen molar-refractivity contribution in [3.63, 3.8) is 0 Å². The summed E-state index contributed by atoms with van der Waals surface area (Å²) in [5.74, 6) is 0.636. The largest absolute Gasteiger partial charge is 0.506 e. The first-order valence-corrected chi connectivity index (χ1v) is 5.27. The molecule has 2 fully saturated rings. The molecule has 2 rings (SSSR count). The van der Waals surface area contributed by atoms with Crippen molar-refractivity contribution in [3.05, 3.63) is 0 Å². The summed E-state index contributed by atoms with van der Waals surface area (Å²) in [5, 5.41) is 8.66. The minimum absolute atomic E-state index is 0.0516. The van der Waals surface area contributed by atoms with Crippen LogP contribution in [-0.2, 0) is 4.74 Å². The molecule has 3 nitrogen and oxygen atoms in total. The van der Waals surface area contributed by atoms with E-state index in [2.05, 4.69) is 20.8 Å². The molecule has 2 saturated carbocycles. The van der Waals surface area contributed by atoms with Gasteiger partial charge in [-0.3, -0.25) is 0 Å². The third-order valence-electron chi connectivity index (χ3n) is 4.96. The topological polar surface area (TPSA) is 46.5 Å². The Labute approximate surface area is 84.4 Å². The lowest BCUT2D eigenvalue weighted by Gasteiger charge is -2.37. The van der Waals surface area contributed by atoms with Crippen molar-refractivity contribution in [2.75, 3.05) is 0 Å². The second-order valence-corrected chi connectivity index (χ2v) is 5.48. The summed E-state index contributed by atoms with van der Waals surface area (Å²) in [6.07, 6.45) is 2.02. The van der Waals surface area contributed by atoms with Crippen LogP contribution >= 0.6 is 0 Å². The molecule has 2 aliphatic rings. The van der Waals surface area contributed by atoms with Crippen LogP contribution in [0.5, 0.6) is 0 Å². The van der Waals surface area contributed by atoms with Gasteiger partial charge in [0.25, 0.3) is 0 Å². The molecule has 0 saturated heterocycles. The zero-order valence-electron chi connectivity index (χ0n) is 9.04. The van der Waals surface area contributed by atoms with Crippen molar-refractivity contribution in [2.24, 2.45) is 16.7 Å². The standard InChI is InChI=1S/C11H18O3/c1-10(2)7-4-5-11(10,3)8(6-7)14-9(12)13/h7-8H,4-6H2,1-3H3,(H,12,13)/t7-,8?,11-/m1/s1. The van der Waals surface area contributed by atoms with E-state index >= 15 is 0 Å². The first-order valence-electron chi connectivity index (χ1n) is 5.27. The molecular formula is C11H18O3. The number of rotatable bonds is 1. The molecule has 80 valence electrons. The minimum atomic E-state index is -1.13. The Morgan fingerprint density at radius 2 is 2.07 bits per heavy atom. The Morgan fingerprint density at radius 3 is 2.43 bits per heavy atom. The van der Waals surface area contributed by atoms with Crippen molar-refractivity contribution in [3.8, 4) is 0 Å². The summed E-state index contributed by atoms with van der Waals surface area (Å²) in [4.78, 5) is 10.6. The maximum atomic E-state index is 10.6. The normalized spacial score (nSPS) is 43.9. The zero-order chi connectivity index (χ0) is 10.6. The summed E-state index contributed by atoms with van der Waals surface area (Å²) >= 11 is 0. The average Bonchev–Trinajstić information content (AvgIpc) is 2.35. The predicted molar refractivity (Wildman–Crippen MR) is 52.1 cm³/mol. The molecule has 0 aromatic carbocycles. The van der Waals surface area contributed by atoms with Crippen LogP contribution in [0.15, 0.2) is 0 Å². The monoisotopic (exact) mass is 198 g/mol. The van der Waals surface area contributed by atoms with Crippen molar-refractivity contribution >= 4 is 6.16 Å². The number of ether oxygens (including phenoxy) is 1. The fourth-order valence-corrected chi connectivity index (χ4v) is 3.43. The Morgan fingerprint density at radius 1 is 1.43 bits per heavy atom. The lowest BCUT2D eigenvalue weighted by molar-refractivity contribution is -0.0255. The maximum Gasteiger partial charge on any atom is 0.506 e. The second kappa shape index (κ2) is 2.65. The van der Waals surface area contributed by atoms with Crippen LogP contribution in [-0.4, -0.2) is 17.4 Å². The van der Waals surface area contributed by atoms with E-state index in [9.17, 15) is 4.79 Å². The van der Waals surface area contributed by atoms with Gasteiger partial charge in [0, 0.05) is 5.41 Å². The molecule has 3 atom stereocenters. The molecule has 0 amide bonds. The Bertz CT molecular complexity index is 272. The smallest absolute Gasteiger partial charge is 0.450 e. The molecule has 2 aliphatic carbocycles. The molecule has 1 N–H and O–H groups in total. The predicted octanol–water partition coefficient (Wildman–Crippen LogP) is 2.90. The first kappa shape index (κ1) is 9.81. The first-order chi connectivity index (χ1) is 6.38. The molecule has 2 bridgehead atoms. The van der Waals surface area contributed by atoms with Crippen molar-refractivity contribution in [1.29, 1.82) is 0 Å². The average molecular weight is 198 g/mol. The highest BCUT2D eigenvalue weighted by Gasteiger charge is 2.62. The van der Waals surface area contributed by atoms with E-state index in [-0.39, 0.29) is 16.9 Å². The maximum absolute atomic E-state index is 10.6. The summed E-state index contributed by atoms with van der Waals surface area (Å²) in [6.45, 7) is 6.67. The van der Waals surface area contributed by atoms with E-state index in [0.29, 0.717) is 5.92 Å². The van der Waals surface area contributed by atoms with E-state index in [1.54, 1.807) is 0 Å². The number of hydrogen-bond acceptors (Lipinski definition) is 2. The third-order valence-corrected chi connectivity index (χ3v) is 4.96. The second-order valence-electron chi connectivity index (χ2n) is 5.48. The molecule has 0 heterocycles. The molecule has 0 aliphatic heterocycles. The van der Waals surface area contributed by atoms with Crippen molar-refractivity contribution in [2.45, 2.75) is 46.1 Å². The Balaban J connectivity index is 2.23. The fourth-order valence-electron chi connectivity index (χ4n) is 3.43. The SMILES string of the molecule is CC1(C)[C@@H]2CC[C@]1(C)C(OC(=O)O)C2. The van der Waals surface area contributed by atoms with Crippen LogP contribution in [0.25, 0.3) is 0 Å². The van der Waals surface area contributed by atoms with E-state index < -0.39 is 6.16 Å². The molecule has 0 spiro atoms. The van der Waals surface area contributed by atoms with E-state index in [1.807, 2.05) is 0 Å². The molecule has 3 heteroatoms. The van der Waals surface area contributed by atoms with Gasteiger partial charge in [-0.15, -0.1) is 0 Å². The molecule has 1 unspecified atom stereocenters. The van der Waals surface area contributed by atoms with Crippen LogP contribution in [0.2, 0.25) is 0 Å². The van der Waals surface area contributed by atoms with Gasteiger partial charge in [-0.25, -0.2) is 4.79 Å². The number of hydrogen-bond donors (Lipinski definition) is 1. The summed E-state index contributed by atoms with van der Waals surface area (Å²) < 4.78 is 5.00. The number of carboxylic acid groups (broad SMARTS) is 1. The Hall–Kier alpha value is -0.730. The zero-order valence-corrected chi connectivity index (χ0v) is 9.04. The van der Waals surface area contributed by atoms with E-state index in [1.165, 1.54) is 6.42 Å². The van der Waals surface area contributed by atoms with Crippen molar-refractivity contribution < 1.29 is 14.6 Å². The minimum Gasteiger partial charge on any atom is -0.450 e. The highest BCUT2D eigenvalue weighted by Crippen LogP contribution is 2.66. The van der Waals surface area contributed by atoms with Gasteiger partial charge in [0.05, 0.1) is 0 Å². The highest BCUT2D eigenvalue weighted by atomic mass is 16.7.